The van der Waals surface area contributed by atoms with Gasteiger partial charge in [0.2, 0.25) is 0 Å². The normalized spacial score (nSPS) is 41.4. The van der Waals surface area contributed by atoms with Crippen molar-refractivity contribution < 1.29 is 59.6 Å². The molecule has 2 saturated heterocycles. The van der Waals surface area contributed by atoms with E-state index in [1.165, 1.54) is 0 Å². The summed E-state index contributed by atoms with van der Waals surface area (Å²) in [5.41, 5.74) is 29.4. The van der Waals surface area contributed by atoms with Crippen LogP contribution >= 0.6 is 0 Å². The largest absolute Gasteiger partial charge is 0.394 e. The van der Waals surface area contributed by atoms with Crippen molar-refractivity contribution in [2.24, 2.45) is 28.7 Å². The van der Waals surface area contributed by atoms with Gasteiger partial charge in [0.1, 0.15) is 36.6 Å². The third-order valence-corrected chi connectivity index (χ3v) is 8.25. The zero-order valence-electron chi connectivity index (χ0n) is 25.0. The van der Waals surface area contributed by atoms with Gasteiger partial charge in [0.05, 0.1) is 49.6 Å². The summed E-state index contributed by atoms with van der Waals surface area (Å²) in [6.45, 7) is -0.241. The summed E-state index contributed by atoms with van der Waals surface area (Å²) in [6, 6.07) is -5.13. The number of nitrogens with two attached hydrogens (primary N) is 5. The second kappa shape index (κ2) is 17.7. The summed E-state index contributed by atoms with van der Waals surface area (Å²) < 4.78 is 23.5. The Morgan fingerprint density at radius 1 is 0.911 bits per heavy atom. The van der Waals surface area contributed by atoms with Crippen molar-refractivity contribution in [3.63, 3.8) is 0 Å². The van der Waals surface area contributed by atoms with Crippen LogP contribution in [0.4, 0.5) is 4.79 Å². The topological polar surface area (TPSA) is 353 Å². The Bertz CT molecular complexity index is 901. The molecule has 3 aliphatic rings. The monoisotopic (exact) mass is 656 g/mol. The van der Waals surface area contributed by atoms with Gasteiger partial charge >= 0.3 is 6.03 Å². The predicted octanol–water partition coefficient (Wildman–Crippen LogP) is -7.55. The number of amides is 2. The van der Waals surface area contributed by atoms with Gasteiger partial charge in [-0.25, -0.2) is 9.86 Å². The minimum Gasteiger partial charge on any atom is -0.394 e. The van der Waals surface area contributed by atoms with Crippen molar-refractivity contribution in [1.82, 2.24) is 15.7 Å². The molecule has 0 radical (unpaired) electrons. The van der Waals surface area contributed by atoms with Crippen LogP contribution in [-0.2, 0) is 18.9 Å². The van der Waals surface area contributed by atoms with Crippen LogP contribution < -0.4 is 39.3 Å². The molecule has 3 fully saturated rings. The molecule has 2 heterocycles. The van der Waals surface area contributed by atoms with Crippen LogP contribution in [0.5, 0.6) is 0 Å². The summed E-state index contributed by atoms with van der Waals surface area (Å²) in [6.07, 6.45) is -13.3. The number of urea groups is 1. The van der Waals surface area contributed by atoms with Crippen molar-refractivity contribution in [3.05, 3.63) is 0 Å². The fourth-order valence-electron chi connectivity index (χ4n) is 5.64. The van der Waals surface area contributed by atoms with Gasteiger partial charge < -0.3 is 88.9 Å². The number of hydrogen-bond acceptors (Lipinski definition) is 18. The van der Waals surface area contributed by atoms with E-state index in [9.17, 15) is 40.6 Å². The summed E-state index contributed by atoms with van der Waals surface area (Å²) >= 11 is 0. The van der Waals surface area contributed by atoms with Gasteiger partial charge in [0.15, 0.2) is 12.6 Å². The van der Waals surface area contributed by atoms with Crippen LogP contribution in [0.2, 0.25) is 0 Å². The minimum absolute atomic E-state index is 0.0431. The number of hydroxylamine groups is 2. The molecule has 2 amide bonds. The summed E-state index contributed by atoms with van der Waals surface area (Å²) in [5.74, 6) is 0. The molecule has 0 spiro atoms. The van der Waals surface area contributed by atoms with Crippen molar-refractivity contribution in [2.75, 3.05) is 39.3 Å². The Balaban J connectivity index is 1.77. The maximum absolute atomic E-state index is 12.6. The van der Waals surface area contributed by atoms with E-state index < -0.39 is 104 Å². The summed E-state index contributed by atoms with van der Waals surface area (Å²) in [5, 5.41) is 78.3. The highest BCUT2D eigenvalue weighted by Crippen LogP contribution is 2.31. The van der Waals surface area contributed by atoms with Crippen LogP contribution in [-0.4, -0.2) is 178 Å². The molecule has 0 aromatic carbocycles. The molecule has 20 heteroatoms. The highest BCUT2D eigenvalue weighted by Gasteiger charge is 2.51. The average Bonchev–Trinajstić information content (AvgIpc) is 2.99. The first-order valence-electron chi connectivity index (χ1n) is 15.1. The second-order valence-corrected chi connectivity index (χ2v) is 11.7. The first-order chi connectivity index (χ1) is 21.3. The number of aliphatic hydroxyl groups excluding tert-OH is 6. The van der Waals surface area contributed by atoms with Crippen molar-refractivity contribution in [1.29, 1.82) is 0 Å². The number of nitrogens with zero attached hydrogens (tertiary/aromatic N) is 1. The molecule has 264 valence electrons. The Kier molecular flexibility index (Phi) is 14.9. The van der Waals surface area contributed by atoms with Gasteiger partial charge in [0, 0.05) is 25.7 Å². The number of hydrogen-bond donors (Lipinski definition) is 14. The zero-order chi connectivity index (χ0) is 33.4. The fraction of sp³-hybridized carbons (Fsp3) is 0.960. The SMILES string of the molecule is NCCC(O)CNC[C@H]1O[C@H](O[C@H]2[C@H](O)[C@@H](O[C@H]3O[C@H](CO)[C@@H](O)[C@H](N)[C@H]3O)[C@H](NC(=O)N(O)CCN)C[C@@H]2N)[C@H](N)C[C@@H]1O. The molecule has 19 N–H and O–H groups in total. The lowest BCUT2D eigenvalue weighted by molar-refractivity contribution is -0.316. The molecule has 15 atom stereocenters. The molecule has 1 saturated carbocycles. The Morgan fingerprint density at radius 2 is 1.58 bits per heavy atom. The number of carbonyl (C=O) groups excluding carboxylic acids is 1. The molecule has 20 nitrogen and oxygen atoms in total. The zero-order valence-corrected chi connectivity index (χ0v) is 25.0. The maximum Gasteiger partial charge on any atom is 0.341 e. The molecule has 45 heavy (non-hydrogen) atoms. The third-order valence-electron chi connectivity index (χ3n) is 8.25. The number of ether oxygens (including phenoxy) is 4. The van der Waals surface area contributed by atoms with Gasteiger partial charge in [-0.2, -0.15) is 0 Å². The molecule has 1 aliphatic carbocycles. The lowest BCUT2D eigenvalue weighted by Crippen LogP contribution is -2.69. The number of aliphatic hydroxyl groups is 6. The van der Waals surface area contributed by atoms with E-state index in [2.05, 4.69) is 10.6 Å². The predicted molar refractivity (Wildman–Crippen MR) is 154 cm³/mol. The highest BCUT2D eigenvalue weighted by molar-refractivity contribution is 5.73. The molecule has 1 unspecified atom stereocenters. The van der Waals surface area contributed by atoms with Gasteiger partial charge in [-0.3, -0.25) is 5.21 Å². The van der Waals surface area contributed by atoms with Gasteiger partial charge in [0.25, 0.3) is 0 Å². The van der Waals surface area contributed by atoms with E-state index in [0.717, 1.165) is 0 Å². The van der Waals surface area contributed by atoms with E-state index in [4.69, 9.17) is 47.6 Å². The van der Waals surface area contributed by atoms with Crippen LogP contribution in [0, 0.1) is 0 Å². The van der Waals surface area contributed by atoms with Crippen molar-refractivity contribution >= 4 is 6.03 Å². The highest BCUT2D eigenvalue weighted by atomic mass is 16.7. The molecule has 0 aromatic rings. The van der Waals surface area contributed by atoms with E-state index in [-0.39, 0.29) is 39.0 Å². The van der Waals surface area contributed by atoms with Gasteiger partial charge in [-0.1, -0.05) is 0 Å². The number of nitrogens with one attached hydrogen (secondary N) is 2. The smallest absolute Gasteiger partial charge is 0.341 e. The quantitative estimate of drug-likeness (QED) is 0.0609. The molecule has 2 aliphatic heterocycles. The van der Waals surface area contributed by atoms with E-state index in [0.29, 0.717) is 18.0 Å². The molecule has 3 rings (SSSR count). The van der Waals surface area contributed by atoms with Gasteiger partial charge in [-0.05, 0) is 25.8 Å². The lowest BCUT2D eigenvalue weighted by Gasteiger charge is -2.48. The number of rotatable bonds is 14. The van der Waals surface area contributed by atoms with Crippen LogP contribution in [0.15, 0.2) is 0 Å². The number of carbonyl (C=O) groups is 1. The Labute approximate surface area is 260 Å². The van der Waals surface area contributed by atoms with E-state index in [1.807, 2.05) is 0 Å². The Morgan fingerprint density at radius 3 is 2.22 bits per heavy atom. The second-order valence-electron chi connectivity index (χ2n) is 11.7. The minimum atomic E-state index is -1.63. The fourth-order valence-corrected chi connectivity index (χ4v) is 5.64. The first kappa shape index (κ1) is 38.0. The molecule has 0 aromatic heterocycles. The van der Waals surface area contributed by atoms with Crippen molar-refractivity contribution in [3.8, 4) is 0 Å². The van der Waals surface area contributed by atoms with Crippen molar-refractivity contribution in [2.45, 2.75) is 111 Å². The summed E-state index contributed by atoms with van der Waals surface area (Å²) in [7, 11) is 0. The third kappa shape index (κ3) is 9.81. The molecular weight excluding hydrogens is 604 g/mol. The summed E-state index contributed by atoms with van der Waals surface area (Å²) in [4.78, 5) is 12.6. The van der Waals surface area contributed by atoms with Crippen LogP contribution in [0.1, 0.15) is 19.3 Å². The Hall–Kier alpha value is -1.41. The van der Waals surface area contributed by atoms with Crippen LogP contribution in [0.25, 0.3) is 0 Å². The van der Waals surface area contributed by atoms with E-state index >= 15 is 0 Å². The lowest BCUT2D eigenvalue weighted by atomic mass is 9.83. The average molecular weight is 657 g/mol. The molecular formula is C25H52N8O12. The molecule has 0 bridgehead atoms. The standard InChI is InChI=1S/C25H52N8O12/c26-2-1-10(35)7-31-8-15-14(36)6-12(29)23(42-15)44-21-11(28)5-13(32-25(40)33(41)4-3-27)22(20(21)39)45-24-19(38)17(30)18(37)16(9-34)43-24/h10-24,31,34-39,41H,1-9,26-30H2,(H,32,40)/t10?,11-,12+,13+,14-,15+,16+,17-,18+,19+,20-,21+,22-,23+,24+/m0/s1. The van der Waals surface area contributed by atoms with Gasteiger partial charge in [-0.15, -0.1) is 0 Å². The van der Waals surface area contributed by atoms with E-state index in [1.54, 1.807) is 0 Å². The first-order valence-corrected chi connectivity index (χ1v) is 15.1. The van der Waals surface area contributed by atoms with Crippen LogP contribution in [0.3, 0.4) is 0 Å². The maximum atomic E-state index is 12.6.